The predicted octanol–water partition coefficient (Wildman–Crippen LogP) is 4.04. The number of ether oxygens (including phenoxy) is 1. The molecule has 0 aliphatic heterocycles. The Kier molecular flexibility index (Phi) is 3.53. The molecule has 0 saturated heterocycles. The van der Waals surface area contributed by atoms with Crippen molar-refractivity contribution in [3.05, 3.63) is 51.3 Å². The molecule has 0 unspecified atom stereocenters. The number of carbonyl (C=O) groups excluding carboxylic acids is 2. The number of thiophene rings is 1. The van der Waals surface area contributed by atoms with Gasteiger partial charge in [-0.25, -0.2) is 0 Å². The number of rotatable bonds is 3. The van der Waals surface area contributed by atoms with Crippen LogP contribution >= 0.6 is 22.9 Å². The van der Waals surface area contributed by atoms with Crippen molar-refractivity contribution >= 4 is 45.6 Å². The molecule has 0 aliphatic carbocycles. The van der Waals surface area contributed by atoms with Crippen LogP contribution in [0.15, 0.2) is 35.7 Å². The Labute approximate surface area is 129 Å². The molecule has 2 aromatic heterocycles. The Balaban J connectivity index is 2.20. The Morgan fingerprint density at radius 3 is 2.76 bits per heavy atom. The number of benzene rings is 1. The average molecular weight is 320 g/mol. The van der Waals surface area contributed by atoms with Crippen LogP contribution < -0.4 is 4.74 Å². The molecule has 1 N–H and O–H groups in total. The fourth-order valence-corrected chi connectivity index (χ4v) is 2.93. The molecule has 0 spiro atoms. The van der Waals surface area contributed by atoms with Gasteiger partial charge in [0.1, 0.15) is 5.69 Å². The molecule has 2 heterocycles. The number of nitrogens with one attached hydrogen (secondary N) is 1. The molecule has 0 fully saturated rings. The van der Waals surface area contributed by atoms with Crippen LogP contribution in [-0.4, -0.2) is 16.7 Å². The summed E-state index contributed by atoms with van der Waals surface area (Å²) >= 11 is 7.28. The Bertz CT molecular complexity index is 836. The van der Waals surface area contributed by atoms with Gasteiger partial charge < -0.3 is 9.72 Å². The van der Waals surface area contributed by atoms with Gasteiger partial charge in [0, 0.05) is 17.3 Å². The molecular formula is C15H10ClNO3S. The summed E-state index contributed by atoms with van der Waals surface area (Å²) < 4.78 is 5.23. The molecule has 3 rings (SSSR count). The molecule has 6 heteroatoms. The second-order valence-electron chi connectivity index (χ2n) is 4.42. The van der Waals surface area contributed by atoms with Gasteiger partial charge in [0.15, 0.2) is 5.75 Å². The van der Waals surface area contributed by atoms with Gasteiger partial charge in [0.25, 0.3) is 0 Å². The number of H-pyrrole nitrogens is 1. The highest BCUT2D eigenvalue weighted by Crippen LogP contribution is 2.33. The number of hydrogen-bond donors (Lipinski definition) is 1. The van der Waals surface area contributed by atoms with Crippen LogP contribution in [0, 0.1) is 0 Å². The number of fused-ring (bicyclic) bond motifs is 1. The van der Waals surface area contributed by atoms with E-state index in [0.29, 0.717) is 20.8 Å². The fourth-order valence-electron chi connectivity index (χ4n) is 2.08. The maximum absolute atomic E-state index is 12.5. The number of aromatic amines is 1. The van der Waals surface area contributed by atoms with Crippen molar-refractivity contribution < 1.29 is 14.3 Å². The predicted molar refractivity (Wildman–Crippen MR) is 82.4 cm³/mol. The number of esters is 1. The van der Waals surface area contributed by atoms with Crippen LogP contribution in [0.3, 0.4) is 0 Å². The highest BCUT2D eigenvalue weighted by atomic mass is 35.5. The minimum Gasteiger partial charge on any atom is -0.424 e. The van der Waals surface area contributed by atoms with Gasteiger partial charge in [-0.2, -0.15) is 0 Å². The third-order valence-electron chi connectivity index (χ3n) is 2.93. The van der Waals surface area contributed by atoms with E-state index in [-0.39, 0.29) is 17.2 Å². The summed E-state index contributed by atoms with van der Waals surface area (Å²) in [5, 5.41) is 3.00. The summed E-state index contributed by atoms with van der Waals surface area (Å²) in [6, 6.07) is 8.61. The lowest BCUT2D eigenvalue weighted by Gasteiger charge is -2.02. The summed E-state index contributed by atoms with van der Waals surface area (Å²) in [6.07, 6.45) is 0. The summed E-state index contributed by atoms with van der Waals surface area (Å²) in [6.45, 7) is 1.30. The van der Waals surface area contributed by atoms with E-state index in [9.17, 15) is 9.59 Å². The van der Waals surface area contributed by atoms with E-state index in [1.807, 2.05) is 5.38 Å². The first-order valence-electron chi connectivity index (χ1n) is 6.14. The molecule has 0 atom stereocenters. The summed E-state index contributed by atoms with van der Waals surface area (Å²) in [5.74, 6) is -0.452. The number of ketones is 1. The van der Waals surface area contributed by atoms with Gasteiger partial charge in [-0.05, 0) is 29.6 Å². The zero-order chi connectivity index (χ0) is 15.0. The van der Waals surface area contributed by atoms with Crippen molar-refractivity contribution in [1.29, 1.82) is 0 Å². The third kappa shape index (κ3) is 2.57. The lowest BCUT2D eigenvalue weighted by Crippen LogP contribution is -2.07. The highest BCUT2D eigenvalue weighted by molar-refractivity contribution is 7.12. The van der Waals surface area contributed by atoms with Gasteiger partial charge >= 0.3 is 5.97 Å². The van der Waals surface area contributed by atoms with Gasteiger partial charge in [-0.1, -0.05) is 17.7 Å². The first-order valence-corrected chi connectivity index (χ1v) is 7.40. The first kappa shape index (κ1) is 13.9. The molecule has 0 bridgehead atoms. The monoisotopic (exact) mass is 319 g/mol. The third-order valence-corrected chi connectivity index (χ3v) is 4.03. The molecule has 1 aromatic carbocycles. The van der Waals surface area contributed by atoms with E-state index in [0.717, 1.165) is 0 Å². The first-order chi connectivity index (χ1) is 10.1. The fraction of sp³-hybridized carbons (Fsp3) is 0.0667. The number of aromatic nitrogens is 1. The molecule has 0 aliphatic rings. The Morgan fingerprint density at radius 2 is 2.10 bits per heavy atom. The summed E-state index contributed by atoms with van der Waals surface area (Å²) in [7, 11) is 0. The highest BCUT2D eigenvalue weighted by Gasteiger charge is 2.22. The van der Waals surface area contributed by atoms with E-state index < -0.39 is 5.97 Å². The number of hydrogen-bond acceptors (Lipinski definition) is 4. The van der Waals surface area contributed by atoms with Crippen molar-refractivity contribution in [1.82, 2.24) is 4.98 Å². The smallest absolute Gasteiger partial charge is 0.308 e. The quantitative estimate of drug-likeness (QED) is 0.585. The van der Waals surface area contributed by atoms with E-state index in [2.05, 4.69) is 4.98 Å². The van der Waals surface area contributed by atoms with E-state index >= 15 is 0 Å². The lowest BCUT2D eigenvalue weighted by atomic mass is 10.2. The Hall–Kier alpha value is -2.11. The number of carbonyl (C=O) groups is 2. The second-order valence-corrected chi connectivity index (χ2v) is 5.80. The van der Waals surface area contributed by atoms with Crippen LogP contribution in [-0.2, 0) is 4.79 Å². The van der Waals surface area contributed by atoms with Crippen molar-refractivity contribution in [2.75, 3.05) is 0 Å². The van der Waals surface area contributed by atoms with E-state index in [1.165, 1.54) is 18.3 Å². The van der Waals surface area contributed by atoms with Crippen molar-refractivity contribution in [3.8, 4) is 5.75 Å². The van der Waals surface area contributed by atoms with Gasteiger partial charge in [0.05, 0.1) is 10.4 Å². The molecule has 0 saturated carbocycles. The van der Waals surface area contributed by atoms with Crippen molar-refractivity contribution in [2.45, 2.75) is 6.92 Å². The SMILES string of the molecule is CC(=O)Oc1c(C(=O)c2cccs2)[nH]c2cc(Cl)ccc12. The van der Waals surface area contributed by atoms with Crippen LogP contribution in [0.25, 0.3) is 10.9 Å². The van der Waals surface area contributed by atoms with Crippen molar-refractivity contribution in [2.24, 2.45) is 0 Å². The molecule has 0 amide bonds. The maximum Gasteiger partial charge on any atom is 0.308 e. The molecule has 4 nitrogen and oxygen atoms in total. The van der Waals surface area contributed by atoms with Gasteiger partial charge in [-0.15, -0.1) is 11.3 Å². The summed E-state index contributed by atoms with van der Waals surface area (Å²) in [5.41, 5.74) is 0.906. The molecule has 21 heavy (non-hydrogen) atoms. The van der Waals surface area contributed by atoms with Gasteiger partial charge in [0.2, 0.25) is 5.78 Å². The van der Waals surface area contributed by atoms with Crippen LogP contribution in [0.5, 0.6) is 5.75 Å². The van der Waals surface area contributed by atoms with E-state index in [1.54, 1.807) is 30.3 Å². The summed E-state index contributed by atoms with van der Waals surface area (Å²) in [4.78, 5) is 27.4. The van der Waals surface area contributed by atoms with Crippen LogP contribution in [0.1, 0.15) is 22.3 Å². The molecule has 106 valence electrons. The molecular weight excluding hydrogens is 310 g/mol. The molecule has 3 aromatic rings. The largest absolute Gasteiger partial charge is 0.424 e. The standard InChI is InChI=1S/C15H10ClNO3S/c1-8(18)20-15-10-5-4-9(16)7-11(10)17-13(15)14(19)12-3-2-6-21-12/h2-7,17H,1H3. The Morgan fingerprint density at radius 1 is 1.29 bits per heavy atom. The maximum atomic E-state index is 12.5. The van der Waals surface area contributed by atoms with Crippen LogP contribution in [0.4, 0.5) is 0 Å². The van der Waals surface area contributed by atoms with Crippen LogP contribution in [0.2, 0.25) is 5.02 Å². The normalized spacial score (nSPS) is 10.8. The zero-order valence-corrected chi connectivity index (χ0v) is 12.5. The average Bonchev–Trinajstić information content (AvgIpc) is 3.05. The van der Waals surface area contributed by atoms with Gasteiger partial charge in [-0.3, -0.25) is 9.59 Å². The topological polar surface area (TPSA) is 59.2 Å². The second kappa shape index (κ2) is 5.35. The minimum absolute atomic E-state index is 0.214. The molecule has 0 radical (unpaired) electrons. The zero-order valence-electron chi connectivity index (χ0n) is 11.0. The lowest BCUT2D eigenvalue weighted by molar-refractivity contribution is -0.131. The number of halogens is 1. The van der Waals surface area contributed by atoms with E-state index in [4.69, 9.17) is 16.3 Å². The van der Waals surface area contributed by atoms with Crippen molar-refractivity contribution in [3.63, 3.8) is 0 Å². The minimum atomic E-state index is -0.480.